The van der Waals surface area contributed by atoms with Crippen LogP contribution in [-0.4, -0.2) is 12.5 Å². The molecule has 104 valence electrons. The standard InChI is InChI=1S/C15H15BrN2OS/c1-10(19)18-5-4-11-6-13(2-3-15(11)18)17-8-14-7-12(16)9-20-14/h2-3,6-7,9,17H,4-5,8H2,1H3. The molecule has 5 heteroatoms. The largest absolute Gasteiger partial charge is 0.380 e. The molecule has 0 aliphatic carbocycles. The molecule has 0 atom stereocenters. The molecule has 0 radical (unpaired) electrons. The Hall–Kier alpha value is -1.33. The SMILES string of the molecule is CC(=O)N1CCc2cc(NCc3cc(Br)cs3)ccc21. The third-order valence-corrected chi connectivity index (χ3v) is 5.14. The first kappa shape index (κ1) is 13.6. The number of thiophene rings is 1. The van der Waals surface area contributed by atoms with Crippen LogP contribution >= 0.6 is 27.3 Å². The maximum Gasteiger partial charge on any atom is 0.223 e. The normalized spacial score (nSPS) is 13.4. The van der Waals surface area contributed by atoms with Gasteiger partial charge in [-0.1, -0.05) is 0 Å². The van der Waals surface area contributed by atoms with Crippen LogP contribution in [0.15, 0.2) is 34.1 Å². The van der Waals surface area contributed by atoms with Crippen LogP contribution in [0.2, 0.25) is 0 Å². The molecule has 1 aliphatic rings. The summed E-state index contributed by atoms with van der Waals surface area (Å²) in [6, 6.07) is 8.36. The lowest BCUT2D eigenvalue weighted by Gasteiger charge is -2.15. The second-order valence-electron chi connectivity index (χ2n) is 4.85. The molecule has 1 amide bonds. The maximum absolute atomic E-state index is 11.5. The zero-order valence-corrected chi connectivity index (χ0v) is 13.6. The molecule has 0 saturated carbocycles. The van der Waals surface area contributed by atoms with E-state index >= 15 is 0 Å². The fourth-order valence-corrected chi connectivity index (χ4v) is 3.87. The minimum absolute atomic E-state index is 0.118. The summed E-state index contributed by atoms with van der Waals surface area (Å²) in [7, 11) is 0. The molecule has 0 bridgehead atoms. The summed E-state index contributed by atoms with van der Waals surface area (Å²) in [4.78, 5) is 14.7. The van der Waals surface area contributed by atoms with Crippen molar-refractivity contribution in [2.24, 2.45) is 0 Å². The third-order valence-electron chi connectivity index (χ3n) is 3.44. The molecule has 1 N–H and O–H groups in total. The topological polar surface area (TPSA) is 32.3 Å². The van der Waals surface area contributed by atoms with Gasteiger partial charge in [0.2, 0.25) is 5.91 Å². The molecule has 2 aromatic rings. The van der Waals surface area contributed by atoms with Crippen LogP contribution in [0.3, 0.4) is 0 Å². The summed E-state index contributed by atoms with van der Waals surface area (Å²) < 4.78 is 1.13. The highest BCUT2D eigenvalue weighted by molar-refractivity contribution is 9.10. The van der Waals surface area contributed by atoms with E-state index in [1.165, 1.54) is 10.4 Å². The molecule has 1 aliphatic heterocycles. The van der Waals surface area contributed by atoms with Gasteiger partial charge in [-0.2, -0.15) is 0 Å². The lowest BCUT2D eigenvalue weighted by molar-refractivity contribution is -0.116. The first-order chi connectivity index (χ1) is 9.63. The Morgan fingerprint density at radius 3 is 3.00 bits per heavy atom. The fraction of sp³-hybridized carbons (Fsp3) is 0.267. The van der Waals surface area contributed by atoms with Gasteiger partial charge in [-0.25, -0.2) is 0 Å². The first-order valence-electron chi connectivity index (χ1n) is 6.51. The highest BCUT2D eigenvalue weighted by atomic mass is 79.9. The number of hydrogen-bond donors (Lipinski definition) is 1. The van der Waals surface area contributed by atoms with E-state index < -0.39 is 0 Å². The van der Waals surface area contributed by atoms with Crippen molar-refractivity contribution in [3.63, 3.8) is 0 Å². The summed E-state index contributed by atoms with van der Waals surface area (Å²) in [6.07, 6.45) is 0.939. The van der Waals surface area contributed by atoms with Crippen molar-refractivity contribution in [3.8, 4) is 0 Å². The van der Waals surface area contributed by atoms with Crippen LogP contribution in [0.4, 0.5) is 11.4 Å². The van der Waals surface area contributed by atoms with Crippen LogP contribution in [-0.2, 0) is 17.8 Å². The molecule has 1 aromatic carbocycles. The number of nitrogens with one attached hydrogen (secondary N) is 1. The third kappa shape index (κ3) is 2.74. The van der Waals surface area contributed by atoms with Crippen LogP contribution in [0, 0.1) is 0 Å². The van der Waals surface area contributed by atoms with E-state index in [-0.39, 0.29) is 5.91 Å². The molecule has 2 heterocycles. The number of carbonyl (C=O) groups excluding carboxylic acids is 1. The monoisotopic (exact) mass is 350 g/mol. The van der Waals surface area contributed by atoms with E-state index in [2.05, 4.69) is 38.8 Å². The van der Waals surface area contributed by atoms with Crippen LogP contribution in [0.25, 0.3) is 0 Å². The summed E-state index contributed by atoms with van der Waals surface area (Å²) in [5, 5.41) is 5.52. The minimum atomic E-state index is 0.118. The maximum atomic E-state index is 11.5. The van der Waals surface area contributed by atoms with E-state index in [4.69, 9.17) is 0 Å². The van der Waals surface area contributed by atoms with Gasteiger partial charge in [0.1, 0.15) is 0 Å². The van der Waals surface area contributed by atoms with E-state index in [0.29, 0.717) is 0 Å². The average molecular weight is 351 g/mol. The van der Waals surface area contributed by atoms with Crippen molar-refractivity contribution in [1.82, 2.24) is 0 Å². The van der Waals surface area contributed by atoms with Crippen molar-refractivity contribution in [2.75, 3.05) is 16.8 Å². The molecular formula is C15H15BrN2OS. The van der Waals surface area contributed by atoms with Gasteiger partial charge < -0.3 is 10.2 Å². The number of hydrogen-bond acceptors (Lipinski definition) is 3. The van der Waals surface area contributed by atoms with Gasteiger partial charge in [0.25, 0.3) is 0 Å². The van der Waals surface area contributed by atoms with Gasteiger partial charge in [-0.15, -0.1) is 11.3 Å². The van der Waals surface area contributed by atoms with Crippen LogP contribution in [0.5, 0.6) is 0 Å². The van der Waals surface area contributed by atoms with Gasteiger partial charge in [-0.05, 0) is 52.2 Å². The van der Waals surface area contributed by atoms with Gasteiger partial charge >= 0.3 is 0 Å². The molecule has 20 heavy (non-hydrogen) atoms. The molecule has 0 spiro atoms. The van der Waals surface area contributed by atoms with Crippen molar-refractivity contribution in [1.29, 1.82) is 0 Å². The Morgan fingerprint density at radius 2 is 2.30 bits per heavy atom. The number of fused-ring (bicyclic) bond motifs is 1. The van der Waals surface area contributed by atoms with Crippen molar-refractivity contribution >= 4 is 44.5 Å². The highest BCUT2D eigenvalue weighted by Gasteiger charge is 2.21. The number of rotatable bonds is 3. The zero-order chi connectivity index (χ0) is 14.1. The van der Waals surface area contributed by atoms with Gasteiger partial charge in [0.15, 0.2) is 0 Å². The Balaban J connectivity index is 1.72. The zero-order valence-electron chi connectivity index (χ0n) is 11.1. The molecule has 3 rings (SSSR count). The molecule has 3 nitrogen and oxygen atoms in total. The number of halogens is 1. The highest BCUT2D eigenvalue weighted by Crippen LogP contribution is 2.31. The van der Waals surface area contributed by atoms with Crippen molar-refractivity contribution in [2.45, 2.75) is 19.9 Å². The molecular weight excluding hydrogens is 336 g/mol. The number of nitrogens with zero attached hydrogens (tertiary/aromatic N) is 1. The molecule has 0 saturated heterocycles. The average Bonchev–Trinajstić information content (AvgIpc) is 3.01. The Kier molecular flexibility index (Phi) is 3.81. The Labute approximate surface area is 130 Å². The second-order valence-corrected chi connectivity index (χ2v) is 6.76. The Bertz CT molecular complexity index is 653. The fourth-order valence-electron chi connectivity index (χ4n) is 2.47. The van der Waals surface area contributed by atoms with E-state index in [1.54, 1.807) is 18.3 Å². The Morgan fingerprint density at radius 1 is 1.45 bits per heavy atom. The number of amides is 1. The van der Waals surface area contributed by atoms with E-state index in [0.717, 1.165) is 35.4 Å². The lowest BCUT2D eigenvalue weighted by atomic mass is 10.1. The van der Waals surface area contributed by atoms with Crippen LogP contribution in [0.1, 0.15) is 17.4 Å². The minimum Gasteiger partial charge on any atom is -0.380 e. The van der Waals surface area contributed by atoms with Gasteiger partial charge in [-0.3, -0.25) is 4.79 Å². The lowest BCUT2D eigenvalue weighted by Crippen LogP contribution is -2.25. The van der Waals surface area contributed by atoms with Gasteiger partial charge in [0.05, 0.1) is 0 Å². The second kappa shape index (κ2) is 5.58. The summed E-state index contributed by atoms with van der Waals surface area (Å²) >= 11 is 5.20. The van der Waals surface area contributed by atoms with Gasteiger partial charge in [0, 0.05) is 46.1 Å². The smallest absolute Gasteiger partial charge is 0.223 e. The predicted molar refractivity (Wildman–Crippen MR) is 87.5 cm³/mol. The van der Waals surface area contributed by atoms with E-state index in [1.807, 2.05) is 17.0 Å². The summed E-state index contributed by atoms with van der Waals surface area (Å²) in [5.41, 5.74) is 3.41. The van der Waals surface area contributed by atoms with Crippen LogP contribution < -0.4 is 10.2 Å². The molecule has 0 unspecified atom stereocenters. The number of benzene rings is 1. The number of carbonyl (C=O) groups is 1. The molecule has 1 aromatic heterocycles. The molecule has 0 fully saturated rings. The summed E-state index contributed by atoms with van der Waals surface area (Å²) in [6.45, 7) is 3.24. The summed E-state index contributed by atoms with van der Waals surface area (Å²) in [5.74, 6) is 0.118. The van der Waals surface area contributed by atoms with Crippen molar-refractivity contribution < 1.29 is 4.79 Å². The van der Waals surface area contributed by atoms with E-state index in [9.17, 15) is 4.79 Å². The quantitative estimate of drug-likeness (QED) is 0.906. The predicted octanol–water partition coefficient (Wildman–Crippen LogP) is 4.03. The first-order valence-corrected chi connectivity index (χ1v) is 8.18. The van der Waals surface area contributed by atoms with Crippen molar-refractivity contribution in [3.05, 3.63) is 44.6 Å². The number of anilines is 2.